The SMILES string of the molecule is NCCc1nnc(-c2ccc(F)cc2F)o1. The maximum absolute atomic E-state index is 13.3. The Labute approximate surface area is 90.1 Å². The number of halogens is 2. The van der Waals surface area contributed by atoms with Gasteiger partial charge in [-0.2, -0.15) is 0 Å². The van der Waals surface area contributed by atoms with Crippen LogP contribution in [0.2, 0.25) is 0 Å². The van der Waals surface area contributed by atoms with Crippen LogP contribution in [0.3, 0.4) is 0 Å². The van der Waals surface area contributed by atoms with E-state index in [0.29, 0.717) is 18.9 Å². The number of benzene rings is 1. The average Bonchev–Trinajstić information content (AvgIpc) is 2.67. The summed E-state index contributed by atoms with van der Waals surface area (Å²) in [4.78, 5) is 0. The van der Waals surface area contributed by atoms with Crippen molar-refractivity contribution in [2.75, 3.05) is 6.54 Å². The van der Waals surface area contributed by atoms with Crippen molar-refractivity contribution in [1.82, 2.24) is 10.2 Å². The normalized spacial score (nSPS) is 10.7. The van der Waals surface area contributed by atoms with E-state index in [4.69, 9.17) is 10.2 Å². The number of aromatic nitrogens is 2. The summed E-state index contributed by atoms with van der Waals surface area (Å²) < 4.78 is 31.2. The molecule has 0 unspecified atom stereocenters. The van der Waals surface area contributed by atoms with Crippen molar-refractivity contribution in [3.05, 3.63) is 35.7 Å². The molecule has 6 heteroatoms. The largest absolute Gasteiger partial charge is 0.421 e. The summed E-state index contributed by atoms with van der Waals surface area (Å²) in [5, 5.41) is 7.35. The zero-order valence-corrected chi connectivity index (χ0v) is 8.28. The summed E-state index contributed by atoms with van der Waals surface area (Å²) >= 11 is 0. The minimum Gasteiger partial charge on any atom is -0.421 e. The standard InChI is InChI=1S/C10H9F2N3O/c11-6-1-2-7(8(12)5-6)10-15-14-9(16-10)3-4-13/h1-2,5H,3-4,13H2. The Morgan fingerprint density at radius 2 is 2.06 bits per heavy atom. The van der Waals surface area contributed by atoms with E-state index in [1.54, 1.807) is 0 Å². The molecule has 1 aromatic heterocycles. The third kappa shape index (κ3) is 2.06. The quantitative estimate of drug-likeness (QED) is 0.860. The molecule has 0 saturated heterocycles. The second-order valence-corrected chi connectivity index (χ2v) is 3.16. The van der Waals surface area contributed by atoms with Crippen molar-refractivity contribution >= 4 is 0 Å². The lowest BCUT2D eigenvalue weighted by Gasteiger charge is -1.96. The number of nitrogens with two attached hydrogens (primary N) is 1. The van der Waals surface area contributed by atoms with Crippen LogP contribution >= 0.6 is 0 Å². The molecule has 0 aliphatic rings. The molecule has 1 aromatic carbocycles. The average molecular weight is 225 g/mol. The third-order valence-electron chi connectivity index (χ3n) is 1.99. The Hall–Kier alpha value is -1.82. The van der Waals surface area contributed by atoms with Crippen LogP contribution in [-0.2, 0) is 6.42 Å². The monoisotopic (exact) mass is 225 g/mol. The molecule has 84 valence electrons. The van der Waals surface area contributed by atoms with E-state index in [1.165, 1.54) is 6.07 Å². The number of hydrogen-bond donors (Lipinski definition) is 1. The Morgan fingerprint density at radius 3 is 2.75 bits per heavy atom. The van der Waals surface area contributed by atoms with Gasteiger partial charge >= 0.3 is 0 Å². The Kier molecular flexibility index (Phi) is 2.91. The van der Waals surface area contributed by atoms with E-state index in [9.17, 15) is 8.78 Å². The van der Waals surface area contributed by atoms with Gasteiger partial charge in [-0.1, -0.05) is 0 Å². The molecule has 1 heterocycles. The number of rotatable bonds is 3. The van der Waals surface area contributed by atoms with Crippen molar-refractivity contribution < 1.29 is 13.2 Å². The van der Waals surface area contributed by atoms with Crippen LogP contribution in [0, 0.1) is 11.6 Å². The number of nitrogens with zero attached hydrogens (tertiary/aromatic N) is 2. The van der Waals surface area contributed by atoms with Gasteiger partial charge in [-0.15, -0.1) is 10.2 Å². The number of hydrogen-bond acceptors (Lipinski definition) is 4. The topological polar surface area (TPSA) is 64.9 Å². The van der Waals surface area contributed by atoms with Gasteiger partial charge in [-0.25, -0.2) is 8.78 Å². The summed E-state index contributed by atoms with van der Waals surface area (Å²) in [6, 6.07) is 3.15. The van der Waals surface area contributed by atoms with Gasteiger partial charge in [0.15, 0.2) is 0 Å². The minimum absolute atomic E-state index is 0.0287. The first kappa shape index (κ1) is 10.7. The van der Waals surface area contributed by atoms with Gasteiger partial charge in [-0.05, 0) is 12.1 Å². The predicted octanol–water partition coefficient (Wildman–Crippen LogP) is 1.52. The molecule has 16 heavy (non-hydrogen) atoms. The maximum atomic E-state index is 13.3. The van der Waals surface area contributed by atoms with E-state index >= 15 is 0 Å². The second-order valence-electron chi connectivity index (χ2n) is 3.16. The van der Waals surface area contributed by atoms with Crippen molar-refractivity contribution in [2.24, 2.45) is 5.73 Å². The van der Waals surface area contributed by atoms with Crippen LogP contribution in [0.15, 0.2) is 22.6 Å². The molecule has 0 fully saturated rings. The Morgan fingerprint density at radius 1 is 1.25 bits per heavy atom. The van der Waals surface area contributed by atoms with Crippen LogP contribution < -0.4 is 5.73 Å². The van der Waals surface area contributed by atoms with Crippen molar-refractivity contribution in [3.8, 4) is 11.5 Å². The van der Waals surface area contributed by atoms with Crippen LogP contribution in [0.25, 0.3) is 11.5 Å². The lowest BCUT2D eigenvalue weighted by molar-refractivity contribution is 0.501. The molecule has 0 saturated carbocycles. The molecule has 2 N–H and O–H groups in total. The Bertz CT molecular complexity index is 499. The van der Waals surface area contributed by atoms with Crippen LogP contribution in [-0.4, -0.2) is 16.7 Å². The summed E-state index contributed by atoms with van der Waals surface area (Å²) in [7, 11) is 0. The minimum atomic E-state index is -0.733. The van der Waals surface area contributed by atoms with E-state index in [-0.39, 0.29) is 11.5 Å². The highest BCUT2D eigenvalue weighted by Gasteiger charge is 2.13. The van der Waals surface area contributed by atoms with E-state index < -0.39 is 11.6 Å². The lowest BCUT2D eigenvalue weighted by Crippen LogP contribution is -2.02. The molecular weight excluding hydrogens is 216 g/mol. The highest BCUT2D eigenvalue weighted by Crippen LogP contribution is 2.21. The second kappa shape index (κ2) is 4.36. The lowest BCUT2D eigenvalue weighted by atomic mass is 10.2. The van der Waals surface area contributed by atoms with E-state index in [0.717, 1.165) is 12.1 Å². The molecule has 0 aliphatic heterocycles. The molecule has 0 aliphatic carbocycles. The van der Waals surface area contributed by atoms with Crippen molar-refractivity contribution in [3.63, 3.8) is 0 Å². The summed E-state index contributed by atoms with van der Waals surface area (Å²) in [6.45, 7) is 0.369. The molecule has 0 spiro atoms. The molecule has 0 atom stereocenters. The predicted molar refractivity (Wildman–Crippen MR) is 52.4 cm³/mol. The van der Waals surface area contributed by atoms with Gasteiger partial charge in [0, 0.05) is 19.0 Å². The molecule has 2 aromatic rings. The first-order valence-corrected chi connectivity index (χ1v) is 4.68. The molecular formula is C10H9F2N3O. The fraction of sp³-hybridized carbons (Fsp3) is 0.200. The fourth-order valence-electron chi connectivity index (χ4n) is 1.25. The van der Waals surface area contributed by atoms with Crippen LogP contribution in [0.4, 0.5) is 8.78 Å². The smallest absolute Gasteiger partial charge is 0.250 e. The first-order valence-electron chi connectivity index (χ1n) is 4.68. The van der Waals surface area contributed by atoms with Crippen molar-refractivity contribution in [2.45, 2.75) is 6.42 Å². The summed E-state index contributed by atoms with van der Waals surface area (Å²) in [5.41, 5.74) is 5.39. The maximum Gasteiger partial charge on any atom is 0.250 e. The molecule has 4 nitrogen and oxygen atoms in total. The van der Waals surface area contributed by atoms with Gasteiger partial charge < -0.3 is 10.2 Å². The summed E-state index contributed by atoms with van der Waals surface area (Å²) in [6.07, 6.45) is 0.426. The first-order chi connectivity index (χ1) is 7.70. The van der Waals surface area contributed by atoms with Crippen LogP contribution in [0.5, 0.6) is 0 Å². The third-order valence-corrected chi connectivity index (χ3v) is 1.99. The Balaban J connectivity index is 2.35. The zero-order chi connectivity index (χ0) is 11.5. The highest BCUT2D eigenvalue weighted by atomic mass is 19.1. The molecule has 2 rings (SSSR count). The zero-order valence-electron chi connectivity index (χ0n) is 8.28. The van der Waals surface area contributed by atoms with Gasteiger partial charge in [0.05, 0.1) is 5.56 Å². The van der Waals surface area contributed by atoms with E-state index in [2.05, 4.69) is 10.2 Å². The molecule has 0 amide bonds. The molecule has 0 bridgehead atoms. The van der Waals surface area contributed by atoms with Gasteiger partial charge in [0.25, 0.3) is 5.89 Å². The highest BCUT2D eigenvalue weighted by molar-refractivity contribution is 5.53. The summed E-state index contributed by atoms with van der Waals surface area (Å²) in [5.74, 6) is -1.02. The molecule has 0 radical (unpaired) electrons. The van der Waals surface area contributed by atoms with E-state index in [1.807, 2.05) is 0 Å². The van der Waals surface area contributed by atoms with Crippen LogP contribution in [0.1, 0.15) is 5.89 Å². The van der Waals surface area contributed by atoms with Crippen molar-refractivity contribution in [1.29, 1.82) is 0 Å². The van der Waals surface area contributed by atoms with Gasteiger partial charge in [0.2, 0.25) is 5.89 Å². The van der Waals surface area contributed by atoms with Gasteiger partial charge in [-0.3, -0.25) is 0 Å². The fourth-order valence-corrected chi connectivity index (χ4v) is 1.25. The van der Waals surface area contributed by atoms with Gasteiger partial charge in [0.1, 0.15) is 11.6 Å².